The average molecular weight is 499 g/mol. The van der Waals surface area contributed by atoms with Crippen molar-refractivity contribution in [2.45, 2.75) is 43.7 Å². The molecule has 4 heterocycles. The van der Waals surface area contributed by atoms with Gasteiger partial charge >= 0.3 is 6.03 Å². The van der Waals surface area contributed by atoms with Crippen molar-refractivity contribution in [1.82, 2.24) is 20.1 Å². The lowest BCUT2D eigenvalue weighted by atomic mass is 9.73. The number of pyridine rings is 1. The Balaban J connectivity index is 1.32. The second-order valence-electron chi connectivity index (χ2n) is 9.61. The van der Waals surface area contributed by atoms with Gasteiger partial charge in [-0.2, -0.15) is 0 Å². The molecule has 0 spiro atoms. The summed E-state index contributed by atoms with van der Waals surface area (Å²) < 4.78 is 32.4. The number of ether oxygens (including phenoxy) is 1. The van der Waals surface area contributed by atoms with Crippen molar-refractivity contribution in [2.24, 2.45) is 5.92 Å². The zero-order chi connectivity index (χ0) is 25.3. The number of carbonyl (C=O) groups is 3. The van der Waals surface area contributed by atoms with E-state index in [9.17, 15) is 23.2 Å². The van der Waals surface area contributed by atoms with E-state index in [0.717, 1.165) is 25.0 Å². The van der Waals surface area contributed by atoms with Crippen molar-refractivity contribution >= 4 is 17.8 Å². The number of aromatic nitrogens is 1. The van der Waals surface area contributed by atoms with Crippen molar-refractivity contribution < 1.29 is 27.9 Å². The number of amides is 4. The van der Waals surface area contributed by atoms with E-state index in [1.807, 2.05) is 0 Å². The second-order valence-corrected chi connectivity index (χ2v) is 9.61. The highest BCUT2D eigenvalue weighted by molar-refractivity contribution is 6.07. The number of imide groups is 1. The number of carbonyl (C=O) groups excluding carboxylic acids is 3. The molecule has 4 amide bonds. The standard InChI is InChI=1S/C26H28F2N4O4/c27-21-6-5-17(13-22(21)28)14-23(33)31-10-7-18(8-11-31)26(19-3-1-9-29-15-19)24(34)32(25(35)30-26)16-20-4-2-12-36-20/h1,3,5-6,9,13,15,18,20H,2,4,7-8,10-12,14,16H2,(H,30,35)/t20-,26-/m1/s1. The molecule has 1 aromatic carbocycles. The Morgan fingerprint density at radius 1 is 1.14 bits per heavy atom. The van der Waals surface area contributed by atoms with Crippen molar-refractivity contribution in [3.63, 3.8) is 0 Å². The van der Waals surface area contributed by atoms with Crippen LogP contribution >= 0.6 is 0 Å². The zero-order valence-corrected chi connectivity index (χ0v) is 19.8. The molecule has 36 heavy (non-hydrogen) atoms. The van der Waals surface area contributed by atoms with Crippen LogP contribution in [0.1, 0.15) is 36.8 Å². The number of nitrogens with one attached hydrogen (secondary N) is 1. The first-order valence-electron chi connectivity index (χ1n) is 12.3. The fourth-order valence-electron chi connectivity index (χ4n) is 5.55. The second kappa shape index (κ2) is 9.93. The van der Waals surface area contributed by atoms with Gasteiger partial charge in [-0.05, 0) is 55.4 Å². The summed E-state index contributed by atoms with van der Waals surface area (Å²) in [7, 11) is 0. The minimum Gasteiger partial charge on any atom is -0.376 e. The number of likely N-dealkylation sites (tertiary alicyclic amines) is 1. The van der Waals surface area contributed by atoms with Crippen LogP contribution in [0.3, 0.4) is 0 Å². The predicted molar refractivity (Wildman–Crippen MR) is 124 cm³/mol. The zero-order valence-electron chi connectivity index (χ0n) is 19.8. The topological polar surface area (TPSA) is 91.8 Å². The van der Waals surface area contributed by atoms with Crippen molar-refractivity contribution in [3.8, 4) is 0 Å². The maximum Gasteiger partial charge on any atom is 0.325 e. The van der Waals surface area contributed by atoms with E-state index < -0.39 is 23.2 Å². The smallest absolute Gasteiger partial charge is 0.325 e. The summed E-state index contributed by atoms with van der Waals surface area (Å²) in [6.07, 6.45) is 5.68. The molecule has 10 heteroatoms. The normalized spacial score (nSPS) is 24.9. The van der Waals surface area contributed by atoms with Gasteiger partial charge in [0, 0.05) is 37.7 Å². The number of nitrogens with zero attached hydrogens (tertiary/aromatic N) is 3. The number of rotatable bonds is 6. The minimum atomic E-state index is -1.26. The van der Waals surface area contributed by atoms with Gasteiger partial charge < -0.3 is 15.0 Å². The number of hydrogen-bond acceptors (Lipinski definition) is 5. The summed E-state index contributed by atoms with van der Waals surface area (Å²) in [6, 6.07) is 6.53. The fourth-order valence-corrected chi connectivity index (χ4v) is 5.55. The molecule has 3 aliphatic rings. The summed E-state index contributed by atoms with van der Waals surface area (Å²) in [4.78, 5) is 46.8. The van der Waals surface area contributed by atoms with Crippen LogP contribution in [0.4, 0.5) is 13.6 Å². The van der Waals surface area contributed by atoms with Gasteiger partial charge in [0.25, 0.3) is 5.91 Å². The van der Waals surface area contributed by atoms with E-state index in [1.165, 1.54) is 11.0 Å². The number of urea groups is 1. The molecule has 5 rings (SSSR count). The molecule has 3 aliphatic heterocycles. The van der Waals surface area contributed by atoms with Gasteiger partial charge in [0.15, 0.2) is 17.2 Å². The first kappa shape index (κ1) is 24.3. The summed E-state index contributed by atoms with van der Waals surface area (Å²) in [6.45, 7) is 1.59. The first-order chi connectivity index (χ1) is 17.4. The molecule has 190 valence electrons. The van der Waals surface area contributed by atoms with Crippen LogP contribution in [-0.4, -0.2) is 65.0 Å². The van der Waals surface area contributed by atoms with Crippen LogP contribution in [0.5, 0.6) is 0 Å². The molecule has 1 aromatic heterocycles. The molecule has 8 nitrogen and oxygen atoms in total. The highest BCUT2D eigenvalue weighted by Gasteiger charge is 2.57. The van der Waals surface area contributed by atoms with Crippen LogP contribution in [0.15, 0.2) is 42.7 Å². The van der Waals surface area contributed by atoms with E-state index in [0.29, 0.717) is 43.7 Å². The highest BCUT2D eigenvalue weighted by Crippen LogP contribution is 2.41. The molecule has 2 aromatic rings. The lowest BCUT2D eigenvalue weighted by molar-refractivity contribution is -0.137. The third-order valence-electron chi connectivity index (χ3n) is 7.46. The SMILES string of the molecule is O=C(Cc1ccc(F)c(F)c1)N1CCC([C@]2(c3cccnc3)NC(=O)N(C[C@H]3CCCO3)C2=O)CC1. The fraction of sp³-hybridized carbons (Fsp3) is 0.462. The van der Waals surface area contributed by atoms with Gasteiger partial charge in [0.05, 0.1) is 19.1 Å². The number of piperidine rings is 1. The lowest BCUT2D eigenvalue weighted by Gasteiger charge is -2.41. The van der Waals surface area contributed by atoms with Crippen LogP contribution in [0.2, 0.25) is 0 Å². The Hall–Kier alpha value is -3.40. The van der Waals surface area contributed by atoms with Crippen molar-refractivity contribution in [1.29, 1.82) is 0 Å². The summed E-state index contributed by atoms with van der Waals surface area (Å²) in [5.74, 6) is -2.70. The number of benzene rings is 1. The van der Waals surface area contributed by atoms with E-state index >= 15 is 0 Å². The lowest BCUT2D eigenvalue weighted by Crippen LogP contribution is -2.54. The van der Waals surface area contributed by atoms with Gasteiger partial charge in [-0.25, -0.2) is 13.6 Å². The maximum atomic E-state index is 13.9. The molecule has 3 fully saturated rings. The molecule has 0 radical (unpaired) electrons. The summed E-state index contributed by atoms with van der Waals surface area (Å²) >= 11 is 0. The van der Waals surface area contributed by atoms with Crippen LogP contribution in [-0.2, 0) is 26.3 Å². The summed E-state index contributed by atoms with van der Waals surface area (Å²) in [5.41, 5.74) is -0.250. The molecule has 0 unspecified atom stereocenters. The minimum absolute atomic E-state index is 0.0412. The van der Waals surface area contributed by atoms with Crippen molar-refractivity contribution in [2.75, 3.05) is 26.2 Å². The van der Waals surface area contributed by atoms with Crippen molar-refractivity contribution in [3.05, 3.63) is 65.5 Å². The van der Waals surface area contributed by atoms with E-state index in [-0.39, 0.29) is 36.8 Å². The monoisotopic (exact) mass is 498 g/mol. The van der Waals surface area contributed by atoms with Crippen LogP contribution in [0.25, 0.3) is 0 Å². The van der Waals surface area contributed by atoms with E-state index in [2.05, 4.69) is 10.3 Å². The van der Waals surface area contributed by atoms with Gasteiger partial charge in [-0.3, -0.25) is 19.5 Å². The Morgan fingerprint density at radius 3 is 2.61 bits per heavy atom. The highest BCUT2D eigenvalue weighted by atomic mass is 19.2. The van der Waals surface area contributed by atoms with Crippen LogP contribution < -0.4 is 5.32 Å². The molecular weight excluding hydrogens is 470 g/mol. The summed E-state index contributed by atoms with van der Waals surface area (Å²) in [5, 5.41) is 2.98. The maximum absolute atomic E-state index is 13.9. The number of halogens is 2. The molecule has 0 saturated carbocycles. The Morgan fingerprint density at radius 2 is 1.94 bits per heavy atom. The van der Waals surface area contributed by atoms with E-state index in [1.54, 1.807) is 29.4 Å². The first-order valence-corrected chi connectivity index (χ1v) is 12.3. The average Bonchev–Trinajstić information content (AvgIpc) is 3.50. The molecule has 0 bridgehead atoms. The predicted octanol–water partition coefficient (Wildman–Crippen LogP) is 2.77. The molecular formula is C26H28F2N4O4. The quantitative estimate of drug-likeness (QED) is 0.619. The van der Waals surface area contributed by atoms with Gasteiger partial charge in [0.2, 0.25) is 5.91 Å². The third kappa shape index (κ3) is 4.45. The molecule has 3 saturated heterocycles. The largest absolute Gasteiger partial charge is 0.376 e. The molecule has 1 N–H and O–H groups in total. The van der Waals surface area contributed by atoms with Gasteiger partial charge in [-0.15, -0.1) is 0 Å². The Bertz CT molecular complexity index is 1150. The molecule has 0 aliphatic carbocycles. The van der Waals surface area contributed by atoms with Crippen LogP contribution in [0, 0.1) is 17.6 Å². The van der Waals surface area contributed by atoms with Gasteiger partial charge in [0.1, 0.15) is 0 Å². The molecule has 2 atom stereocenters. The third-order valence-corrected chi connectivity index (χ3v) is 7.46. The van der Waals surface area contributed by atoms with E-state index in [4.69, 9.17) is 4.74 Å². The van der Waals surface area contributed by atoms with Gasteiger partial charge in [-0.1, -0.05) is 12.1 Å². The Kier molecular flexibility index (Phi) is 6.70. The Labute approximate surface area is 207 Å². The number of hydrogen-bond donors (Lipinski definition) is 1.